The van der Waals surface area contributed by atoms with Gasteiger partial charge in [-0.25, -0.2) is 4.79 Å². The summed E-state index contributed by atoms with van der Waals surface area (Å²) < 4.78 is 5.98. The molecule has 0 aromatic heterocycles. The average molecular weight is 494 g/mol. The molecule has 0 fully saturated rings. The zero-order valence-electron chi connectivity index (χ0n) is 21.0. The lowest BCUT2D eigenvalue weighted by Gasteiger charge is -2.23. The highest BCUT2D eigenvalue weighted by Gasteiger charge is 2.17. The van der Waals surface area contributed by atoms with E-state index in [1.165, 1.54) is 5.56 Å². The van der Waals surface area contributed by atoms with E-state index >= 15 is 0 Å². The number of amides is 1. The Morgan fingerprint density at radius 1 is 0.730 bits per heavy atom. The topological polar surface area (TPSA) is 66.8 Å². The van der Waals surface area contributed by atoms with E-state index in [1.807, 2.05) is 66.4 Å². The molecule has 0 aliphatic carbocycles. The van der Waals surface area contributed by atoms with Gasteiger partial charge in [0.1, 0.15) is 11.5 Å². The van der Waals surface area contributed by atoms with Gasteiger partial charge in [-0.1, -0.05) is 60.7 Å². The summed E-state index contributed by atoms with van der Waals surface area (Å²) in [7, 11) is 0. The number of carbonyl (C=O) groups is 2. The molecule has 0 unspecified atom stereocenters. The predicted molar refractivity (Wildman–Crippen MR) is 145 cm³/mol. The van der Waals surface area contributed by atoms with Crippen molar-refractivity contribution in [2.75, 3.05) is 6.54 Å². The van der Waals surface area contributed by atoms with Crippen LogP contribution < -0.4 is 4.74 Å². The number of hydrogen-bond acceptors (Lipinski definition) is 3. The maximum Gasteiger partial charge on any atom is 0.335 e. The quantitative estimate of drug-likeness (QED) is 0.225. The third-order valence-electron chi connectivity index (χ3n) is 6.27. The molecular formula is C32H31NO4. The monoisotopic (exact) mass is 493 g/mol. The van der Waals surface area contributed by atoms with Crippen molar-refractivity contribution in [1.82, 2.24) is 4.90 Å². The third-order valence-corrected chi connectivity index (χ3v) is 6.27. The van der Waals surface area contributed by atoms with Gasteiger partial charge in [-0.3, -0.25) is 4.79 Å². The Bertz CT molecular complexity index is 1320. The van der Waals surface area contributed by atoms with Gasteiger partial charge < -0.3 is 14.7 Å². The fourth-order valence-electron chi connectivity index (χ4n) is 4.15. The highest BCUT2D eigenvalue weighted by molar-refractivity contribution is 5.94. The number of aromatic carboxylic acids is 1. The molecule has 0 saturated carbocycles. The van der Waals surface area contributed by atoms with Crippen LogP contribution in [0, 0.1) is 6.92 Å². The summed E-state index contributed by atoms with van der Waals surface area (Å²) in [5.74, 6) is 0.425. The Kier molecular flexibility index (Phi) is 8.71. The number of rotatable bonds is 11. The number of hydrogen-bond donors (Lipinski definition) is 1. The van der Waals surface area contributed by atoms with Crippen molar-refractivity contribution in [3.05, 3.63) is 131 Å². The standard InChI is InChI=1S/C32H31NO4/c1-24-9-5-6-13-30(24)37-29-20-18-27(19-21-29)31(34)33(22-8-7-12-25-10-3-2-4-11-25)23-26-14-16-28(17-15-26)32(35)36/h2-6,9-11,13-21H,7-8,12,22-23H2,1H3,(H,35,36). The summed E-state index contributed by atoms with van der Waals surface area (Å²) >= 11 is 0. The molecule has 1 N–H and O–H groups in total. The van der Waals surface area contributed by atoms with Crippen LogP contribution in [0.5, 0.6) is 11.5 Å². The van der Waals surface area contributed by atoms with Crippen LogP contribution in [0.15, 0.2) is 103 Å². The summed E-state index contributed by atoms with van der Waals surface area (Å²) in [5, 5.41) is 9.19. The number of benzene rings is 4. The van der Waals surface area contributed by atoms with E-state index in [0.717, 1.165) is 36.1 Å². The minimum Gasteiger partial charge on any atom is -0.478 e. The number of para-hydroxylation sites is 1. The molecule has 0 spiro atoms. The number of nitrogens with zero attached hydrogens (tertiary/aromatic N) is 1. The Morgan fingerprint density at radius 2 is 1.38 bits per heavy atom. The number of unbranched alkanes of at least 4 members (excludes halogenated alkanes) is 1. The fourth-order valence-corrected chi connectivity index (χ4v) is 4.15. The molecule has 0 heterocycles. The molecule has 0 aliphatic rings. The van der Waals surface area contributed by atoms with Crippen LogP contribution in [-0.2, 0) is 13.0 Å². The van der Waals surface area contributed by atoms with Gasteiger partial charge in [0, 0.05) is 18.7 Å². The lowest BCUT2D eigenvalue weighted by atomic mass is 10.1. The van der Waals surface area contributed by atoms with Gasteiger partial charge in [0.25, 0.3) is 5.91 Å². The smallest absolute Gasteiger partial charge is 0.335 e. The summed E-state index contributed by atoms with van der Waals surface area (Å²) in [4.78, 5) is 26.5. The molecule has 1 amide bonds. The molecular weight excluding hydrogens is 462 g/mol. The van der Waals surface area contributed by atoms with Crippen LogP contribution in [0.2, 0.25) is 0 Å². The first-order valence-electron chi connectivity index (χ1n) is 12.5. The average Bonchev–Trinajstić information content (AvgIpc) is 2.92. The first kappa shape index (κ1) is 25.7. The molecule has 4 aromatic carbocycles. The van der Waals surface area contributed by atoms with E-state index in [4.69, 9.17) is 4.74 Å². The Hall–Kier alpha value is -4.38. The number of carbonyl (C=O) groups excluding carboxylic acids is 1. The van der Waals surface area contributed by atoms with Crippen LogP contribution in [0.25, 0.3) is 0 Å². The first-order chi connectivity index (χ1) is 18.0. The number of carboxylic acids is 1. The van der Waals surface area contributed by atoms with Gasteiger partial charge in [-0.15, -0.1) is 0 Å². The van der Waals surface area contributed by atoms with Crippen molar-refractivity contribution in [3.63, 3.8) is 0 Å². The van der Waals surface area contributed by atoms with Crippen molar-refractivity contribution in [1.29, 1.82) is 0 Å². The van der Waals surface area contributed by atoms with E-state index in [-0.39, 0.29) is 11.5 Å². The number of ether oxygens (including phenoxy) is 1. The minimum absolute atomic E-state index is 0.0653. The highest BCUT2D eigenvalue weighted by Crippen LogP contribution is 2.25. The largest absolute Gasteiger partial charge is 0.478 e. The van der Waals surface area contributed by atoms with Crippen molar-refractivity contribution in [2.45, 2.75) is 32.7 Å². The van der Waals surface area contributed by atoms with Crippen molar-refractivity contribution in [2.24, 2.45) is 0 Å². The van der Waals surface area contributed by atoms with Crippen molar-refractivity contribution < 1.29 is 19.4 Å². The van der Waals surface area contributed by atoms with E-state index in [1.54, 1.807) is 36.4 Å². The second-order valence-corrected chi connectivity index (χ2v) is 9.06. The normalized spacial score (nSPS) is 10.6. The number of aryl methyl sites for hydroxylation is 2. The maximum absolute atomic E-state index is 13.5. The lowest BCUT2D eigenvalue weighted by Crippen LogP contribution is -2.31. The lowest BCUT2D eigenvalue weighted by molar-refractivity contribution is 0.0694. The van der Waals surface area contributed by atoms with Gasteiger partial charge in [0.2, 0.25) is 0 Å². The summed E-state index contributed by atoms with van der Waals surface area (Å²) in [6.07, 6.45) is 2.79. The SMILES string of the molecule is Cc1ccccc1Oc1ccc(C(=O)N(CCCCc2ccccc2)Cc2ccc(C(=O)O)cc2)cc1. The summed E-state index contributed by atoms with van der Waals surface area (Å²) in [6.45, 7) is 3.01. The van der Waals surface area contributed by atoms with Crippen LogP contribution in [0.3, 0.4) is 0 Å². The maximum atomic E-state index is 13.5. The third kappa shape index (κ3) is 7.31. The zero-order valence-corrected chi connectivity index (χ0v) is 21.0. The second kappa shape index (κ2) is 12.5. The van der Waals surface area contributed by atoms with Gasteiger partial charge in [-0.05, 0) is 85.3 Å². The van der Waals surface area contributed by atoms with Crippen LogP contribution in [0.1, 0.15) is 50.2 Å². The summed E-state index contributed by atoms with van der Waals surface area (Å²) in [6, 6.07) is 32.0. The zero-order chi connectivity index (χ0) is 26.0. The minimum atomic E-state index is -0.964. The van der Waals surface area contributed by atoms with Crippen molar-refractivity contribution >= 4 is 11.9 Å². The van der Waals surface area contributed by atoms with Gasteiger partial charge in [-0.2, -0.15) is 0 Å². The van der Waals surface area contributed by atoms with E-state index < -0.39 is 5.97 Å². The Morgan fingerprint density at radius 3 is 2.05 bits per heavy atom. The molecule has 0 radical (unpaired) electrons. The van der Waals surface area contributed by atoms with Crippen molar-refractivity contribution in [3.8, 4) is 11.5 Å². The van der Waals surface area contributed by atoms with Gasteiger partial charge in [0.05, 0.1) is 5.56 Å². The van der Waals surface area contributed by atoms with Crippen LogP contribution >= 0.6 is 0 Å². The molecule has 0 aliphatic heterocycles. The fraction of sp³-hybridized carbons (Fsp3) is 0.188. The molecule has 37 heavy (non-hydrogen) atoms. The Labute approximate surface area is 218 Å². The molecule has 4 rings (SSSR count). The highest BCUT2D eigenvalue weighted by atomic mass is 16.5. The molecule has 0 atom stereocenters. The molecule has 0 saturated heterocycles. The first-order valence-corrected chi connectivity index (χ1v) is 12.5. The molecule has 4 aromatic rings. The van der Waals surface area contributed by atoms with Gasteiger partial charge >= 0.3 is 5.97 Å². The van der Waals surface area contributed by atoms with E-state index in [9.17, 15) is 14.7 Å². The summed E-state index contributed by atoms with van der Waals surface area (Å²) in [5.41, 5.74) is 4.03. The molecule has 5 heteroatoms. The molecule has 0 bridgehead atoms. The van der Waals surface area contributed by atoms with E-state index in [2.05, 4.69) is 12.1 Å². The molecule has 5 nitrogen and oxygen atoms in total. The number of carboxylic acid groups (broad SMARTS) is 1. The molecule has 188 valence electrons. The second-order valence-electron chi connectivity index (χ2n) is 9.06. The Balaban J connectivity index is 1.45. The van der Waals surface area contributed by atoms with Crippen LogP contribution in [0.4, 0.5) is 0 Å². The van der Waals surface area contributed by atoms with Crippen LogP contribution in [-0.4, -0.2) is 28.4 Å². The van der Waals surface area contributed by atoms with E-state index in [0.29, 0.717) is 24.4 Å². The van der Waals surface area contributed by atoms with Gasteiger partial charge in [0.15, 0.2) is 0 Å². The predicted octanol–water partition coefficient (Wildman–Crippen LogP) is 7.15.